The molecule has 86 valence electrons. The lowest BCUT2D eigenvalue weighted by atomic mass is 9.99. The van der Waals surface area contributed by atoms with Crippen LogP contribution in [0.15, 0.2) is 0 Å². The van der Waals surface area contributed by atoms with E-state index in [0.29, 0.717) is 24.2 Å². The van der Waals surface area contributed by atoms with Crippen LogP contribution in [0.4, 0.5) is 0 Å². The van der Waals surface area contributed by atoms with Gasteiger partial charge in [0.1, 0.15) is 0 Å². The number of nitrogens with two attached hydrogens (primary N) is 1. The summed E-state index contributed by atoms with van der Waals surface area (Å²) in [7, 11) is 0. The summed E-state index contributed by atoms with van der Waals surface area (Å²) in [5.74, 6) is 0.660. The molecule has 3 rings (SSSR count). The Balaban J connectivity index is 1.49. The summed E-state index contributed by atoms with van der Waals surface area (Å²) in [5.41, 5.74) is 5.69. The van der Waals surface area contributed by atoms with Crippen molar-refractivity contribution in [1.29, 1.82) is 0 Å². The molecular weight excluding hydrogens is 192 g/mol. The van der Waals surface area contributed by atoms with Crippen molar-refractivity contribution in [3.05, 3.63) is 0 Å². The predicted octanol–water partition coefficient (Wildman–Crippen LogP) is -0.177. The number of fused-ring (bicyclic) bond motifs is 1. The standard InChI is InChI=1S/C11H20N2O2/c12-4-9-1-2-13(9)5-10-3-8-6-14-7-11(8)15-10/h8-11H,1-7,12H2/t8-,9?,10?,11+/m1/s1. The van der Waals surface area contributed by atoms with E-state index in [-0.39, 0.29) is 0 Å². The number of hydrogen-bond donors (Lipinski definition) is 1. The fourth-order valence-corrected chi connectivity index (χ4v) is 2.97. The third-order valence-electron chi connectivity index (χ3n) is 4.05. The number of hydrogen-bond acceptors (Lipinski definition) is 4. The molecule has 3 fully saturated rings. The van der Waals surface area contributed by atoms with Crippen molar-refractivity contribution in [2.75, 3.05) is 32.8 Å². The fraction of sp³-hybridized carbons (Fsp3) is 1.00. The molecule has 3 aliphatic heterocycles. The Morgan fingerprint density at radius 1 is 1.33 bits per heavy atom. The van der Waals surface area contributed by atoms with Crippen molar-refractivity contribution in [1.82, 2.24) is 4.90 Å². The van der Waals surface area contributed by atoms with Crippen LogP contribution in [0.25, 0.3) is 0 Å². The Hall–Kier alpha value is -0.160. The molecule has 3 aliphatic rings. The van der Waals surface area contributed by atoms with E-state index in [0.717, 1.165) is 26.3 Å². The van der Waals surface area contributed by atoms with Crippen molar-refractivity contribution in [3.63, 3.8) is 0 Å². The summed E-state index contributed by atoms with van der Waals surface area (Å²) in [4.78, 5) is 2.46. The molecule has 0 aliphatic carbocycles. The quantitative estimate of drug-likeness (QED) is 0.705. The Morgan fingerprint density at radius 3 is 2.93 bits per heavy atom. The van der Waals surface area contributed by atoms with Gasteiger partial charge in [0, 0.05) is 31.6 Å². The van der Waals surface area contributed by atoms with Crippen LogP contribution >= 0.6 is 0 Å². The SMILES string of the molecule is NCC1CCN1CC1C[C@@H]2COC[C@@H]2O1. The van der Waals surface area contributed by atoms with E-state index in [2.05, 4.69) is 4.90 Å². The maximum absolute atomic E-state index is 5.98. The van der Waals surface area contributed by atoms with Gasteiger partial charge in [0.25, 0.3) is 0 Å². The van der Waals surface area contributed by atoms with Gasteiger partial charge in [-0.05, 0) is 12.8 Å². The van der Waals surface area contributed by atoms with Gasteiger partial charge >= 0.3 is 0 Å². The molecule has 0 amide bonds. The number of nitrogens with zero attached hydrogens (tertiary/aromatic N) is 1. The maximum atomic E-state index is 5.98. The minimum Gasteiger partial charge on any atom is -0.378 e. The average molecular weight is 212 g/mol. The van der Waals surface area contributed by atoms with Crippen LogP contribution in [0.3, 0.4) is 0 Å². The van der Waals surface area contributed by atoms with Gasteiger partial charge in [0.05, 0.1) is 25.4 Å². The molecule has 4 nitrogen and oxygen atoms in total. The Labute approximate surface area is 90.7 Å². The van der Waals surface area contributed by atoms with E-state index in [1.807, 2.05) is 0 Å². The monoisotopic (exact) mass is 212 g/mol. The van der Waals surface area contributed by atoms with Crippen molar-refractivity contribution in [2.45, 2.75) is 31.1 Å². The third kappa shape index (κ3) is 1.80. The van der Waals surface area contributed by atoms with Crippen molar-refractivity contribution < 1.29 is 9.47 Å². The molecule has 0 aromatic carbocycles. The molecule has 2 N–H and O–H groups in total. The highest BCUT2D eigenvalue weighted by Crippen LogP contribution is 2.32. The van der Waals surface area contributed by atoms with E-state index >= 15 is 0 Å². The van der Waals surface area contributed by atoms with E-state index in [9.17, 15) is 0 Å². The summed E-state index contributed by atoms with van der Waals surface area (Å²) in [5, 5.41) is 0. The Kier molecular flexibility index (Phi) is 2.68. The van der Waals surface area contributed by atoms with E-state index in [1.165, 1.54) is 19.4 Å². The summed E-state index contributed by atoms with van der Waals surface area (Å²) in [6, 6.07) is 0.616. The summed E-state index contributed by atoms with van der Waals surface area (Å²) >= 11 is 0. The summed E-state index contributed by atoms with van der Waals surface area (Å²) in [6.07, 6.45) is 3.25. The highest BCUT2D eigenvalue weighted by Gasteiger charge is 2.41. The zero-order chi connectivity index (χ0) is 10.3. The highest BCUT2D eigenvalue weighted by molar-refractivity contribution is 4.91. The first-order valence-electron chi connectivity index (χ1n) is 6.04. The number of rotatable bonds is 3. The van der Waals surface area contributed by atoms with Gasteiger partial charge in [-0.15, -0.1) is 0 Å². The Bertz CT molecular complexity index is 223. The zero-order valence-electron chi connectivity index (χ0n) is 9.10. The van der Waals surface area contributed by atoms with E-state index in [1.54, 1.807) is 0 Å². The molecule has 0 aromatic rings. The van der Waals surface area contributed by atoms with E-state index in [4.69, 9.17) is 15.2 Å². The van der Waals surface area contributed by atoms with Gasteiger partial charge in [-0.3, -0.25) is 4.90 Å². The molecule has 15 heavy (non-hydrogen) atoms. The minimum atomic E-state index is 0.382. The first-order chi connectivity index (χ1) is 7.36. The summed E-state index contributed by atoms with van der Waals surface area (Å²) in [6.45, 7) is 4.79. The van der Waals surface area contributed by atoms with Gasteiger partial charge in [-0.2, -0.15) is 0 Å². The molecule has 3 saturated heterocycles. The lowest BCUT2D eigenvalue weighted by Gasteiger charge is -2.41. The largest absolute Gasteiger partial charge is 0.378 e. The molecular formula is C11H20N2O2. The van der Waals surface area contributed by atoms with Gasteiger partial charge in [0.2, 0.25) is 0 Å². The molecule has 0 spiro atoms. The topological polar surface area (TPSA) is 47.7 Å². The van der Waals surface area contributed by atoms with Crippen molar-refractivity contribution in [2.24, 2.45) is 11.7 Å². The van der Waals surface area contributed by atoms with Gasteiger partial charge in [-0.25, -0.2) is 0 Å². The lowest BCUT2D eigenvalue weighted by Crippen LogP contribution is -2.54. The maximum Gasteiger partial charge on any atom is 0.0863 e. The first kappa shape index (κ1) is 10.0. The number of likely N-dealkylation sites (tertiary alicyclic amines) is 1. The van der Waals surface area contributed by atoms with Gasteiger partial charge in [0.15, 0.2) is 0 Å². The first-order valence-corrected chi connectivity index (χ1v) is 6.04. The normalized spacial score (nSPS) is 45.4. The number of ether oxygens (including phenoxy) is 2. The van der Waals surface area contributed by atoms with Crippen LogP contribution in [-0.4, -0.2) is 56.0 Å². The third-order valence-corrected chi connectivity index (χ3v) is 4.05. The molecule has 4 heteroatoms. The van der Waals surface area contributed by atoms with Crippen LogP contribution < -0.4 is 5.73 Å². The van der Waals surface area contributed by atoms with E-state index < -0.39 is 0 Å². The van der Waals surface area contributed by atoms with Crippen LogP contribution in [-0.2, 0) is 9.47 Å². The van der Waals surface area contributed by atoms with Crippen molar-refractivity contribution >= 4 is 0 Å². The summed E-state index contributed by atoms with van der Waals surface area (Å²) < 4.78 is 11.4. The zero-order valence-corrected chi connectivity index (χ0v) is 9.10. The molecule has 2 unspecified atom stereocenters. The van der Waals surface area contributed by atoms with Crippen molar-refractivity contribution in [3.8, 4) is 0 Å². The predicted molar refractivity (Wildman–Crippen MR) is 56.6 cm³/mol. The second kappa shape index (κ2) is 4.01. The molecule has 0 saturated carbocycles. The second-order valence-electron chi connectivity index (χ2n) is 5.00. The molecule has 0 aromatic heterocycles. The smallest absolute Gasteiger partial charge is 0.0863 e. The second-order valence-corrected chi connectivity index (χ2v) is 5.00. The molecule has 4 atom stereocenters. The fourth-order valence-electron chi connectivity index (χ4n) is 2.97. The van der Waals surface area contributed by atoms with Crippen LogP contribution in [0, 0.1) is 5.92 Å². The van der Waals surface area contributed by atoms with Gasteiger partial charge < -0.3 is 15.2 Å². The molecule has 0 bridgehead atoms. The highest BCUT2D eigenvalue weighted by atomic mass is 16.6. The van der Waals surface area contributed by atoms with Gasteiger partial charge in [-0.1, -0.05) is 0 Å². The minimum absolute atomic E-state index is 0.382. The van der Waals surface area contributed by atoms with Crippen LogP contribution in [0.1, 0.15) is 12.8 Å². The Morgan fingerprint density at radius 2 is 2.27 bits per heavy atom. The van der Waals surface area contributed by atoms with Crippen LogP contribution in [0.2, 0.25) is 0 Å². The molecule has 3 heterocycles. The lowest BCUT2D eigenvalue weighted by molar-refractivity contribution is -0.0211. The van der Waals surface area contributed by atoms with Crippen LogP contribution in [0.5, 0.6) is 0 Å². The molecule has 0 radical (unpaired) electrons. The average Bonchev–Trinajstić information content (AvgIpc) is 2.72.